The van der Waals surface area contributed by atoms with Crippen LogP contribution in [0.15, 0.2) is 30.3 Å². The lowest BCUT2D eigenvalue weighted by molar-refractivity contribution is -0.131. The topological polar surface area (TPSA) is 49.8 Å². The molecule has 4 nitrogen and oxygen atoms in total. The molecular formula is C15H21NO3. The maximum Gasteiger partial charge on any atom is 0.328 e. The lowest BCUT2D eigenvalue weighted by Crippen LogP contribution is -2.20. The summed E-state index contributed by atoms with van der Waals surface area (Å²) in [6, 6.07) is 7.90. The molecule has 0 saturated carbocycles. The van der Waals surface area contributed by atoms with Gasteiger partial charge in [-0.1, -0.05) is 24.3 Å². The van der Waals surface area contributed by atoms with Gasteiger partial charge in [0.2, 0.25) is 0 Å². The zero-order valence-electron chi connectivity index (χ0n) is 11.5. The number of carbonyl (C=O) groups is 1. The molecule has 19 heavy (non-hydrogen) atoms. The van der Waals surface area contributed by atoms with Gasteiger partial charge in [0.25, 0.3) is 0 Å². The maximum atomic E-state index is 10.4. The Morgan fingerprint density at radius 1 is 1.37 bits per heavy atom. The van der Waals surface area contributed by atoms with Gasteiger partial charge in [0.1, 0.15) is 0 Å². The van der Waals surface area contributed by atoms with Crippen molar-refractivity contribution in [1.29, 1.82) is 0 Å². The van der Waals surface area contributed by atoms with Crippen molar-refractivity contribution in [3.63, 3.8) is 0 Å². The van der Waals surface area contributed by atoms with Crippen LogP contribution in [0.1, 0.15) is 17.5 Å². The largest absolute Gasteiger partial charge is 0.478 e. The third-order valence-electron chi connectivity index (χ3n) is 2.74. The predicted molar refractivity (Wildman–Crippen MR) is 75.9 cm³/mol. The van der Waals surface area contributed by atoms with Crippen molar-refractivity contribution in [1.82, 2.24) is 4.90 Å². The highest BCUT2D eigenvalue weighted by atomic mass is 16.5. The smallest absolute Gasteiger partial charge is 0.328 e. The van der Waals surface area contributed by atoms with E-state index in [4.69, 9.17) is 9.84 Å². The van der Waals surface area contributed by atoms with E-state index < -0.39 is 5.97 Å². The fourth-order valence-electron chi connectivity index (χ4n) is 1.77. The average molecular weight is 263 g/mol. The number of carboxylic acids is 1. The van der Waals surface area contributed by atoms with Crippen molar-refractivity contribution < 1.29 is 14.6 Å². The summed E-state index contributed by atoms with van der Waals surface area (Å²) < 4.78 is 5.02. The first-order valence-corrected chi connectivity index (χ1v) is 6.29. The van der Waals surface area contributed by atoms with Gasteiger partial charge < -0.3 is 14.7 Å². The summed E-state index contributed by atoms with van der Waals surface area (Å²) in [6.07, 6.45) is 3.76. The minimum Gasteiger partial charge on any atom is -0.478 e. The fourth-order valence-corrected chi connectivity index (χ4v) is 1.77. The third-order valence-corrected chi connectivity index (χ3v) is 2.74. The lowest BCUT2D eigenvalue weighted by Gasteiger charge is -2.16. The summed E-state index contributed by atoms with van der Waals surface area (Å²) in [7, 11) is 3.79. The van der Waals surface area contributed by atoms with Crippen LogP contribution < -0.4 is 0 Å². The van der Waals surface area contributed by atoms with E-state index in [9.17, 15) is 4.79 Å². The summed E-state index contributed by atoms with van der Waals surface area (Å²) in [6.45, 7) is 2.66. The first-order chi connectivity index (χ1) is 9.11. The molecule has 0 aromatic heterocycles. The molecule has 0 heterocycles. The highest BCUT2D eigenvalue weighted by Gasteiger charge is 2.00. The van der Waals surface area contributed by atoms with Crippen molar-refractivity contribution in [3.8, 4) is 0 Å². The van der Waals surface area contributed by atoms with E-state index in [0.717, 1.165) is 37.8 Å². The summed E-state index contributed by atoms with van der Waals surface area (Å²) in [4.78, 5) is 12.6. The molecule has 0 aliphatic heterocycles. The first kappa shape index (κ1) is 15.4. The van der Waals surface area contributed by atoms with E-state index in [2.05, 4.69) is 11.9 Å². The maximum absolute atomic E-state index is 10.4. The van der Waals surface area contributed by atoms with Crippen LogP contribution in [0.5, 0.6) is 0 Å². The molecule has 0 radical (unpaired) electrons. The molecule has 0 atom stereocenters. The number of methoxy groups -OCH3 is 1. The quantitative estimate of drug-likeness (QED) is 0.577. The molecule has 0 bridgehead atoms. The molecule has 1 N–H and O–H groups in total. The third kappa shape index (κ3) is 6.74. The number of carboxylic acid groups (broad SMARTS) is 1. The second-order valence-corrected chi connectivity index (χ2v) is 4.50. The van der Waals surface area contributed by atoms with Gasteiger partial charge in [-0.25, -0.2) is 4.79 Å². The average Bonchev–Trinajstić information content (AvgIpc) is 2.38. The molecule has 1 rings (SSSR count). The number of ether oxygens (including phenoxy) is 1. The molecule has 1 aromatic rings. The number of rotatable bonds is 8. The van der Waals surface area contributed by atoms with E-state index in [0.29, 0.717) is 0 Å². The Morgan fingerprint density at radius 2 is 2.05 bits per heavy atom. The summed E-state index contributed by atoms with van der Waals surface area (Å²) >= 11 is 0. The van der Waals surface area contributed by atoms with E-state index >= 15 is 0 Å². The SMILES string of the molecule is COCCCN(C)Cc1ccc(C=CC(=O)O)cc1. The van der Waals surface area contributed by atoms with Gasteiger partial charge >= 0.3 is 5.97 Å². The van der Waals surface area contributed by atoms with Crippen LogP contribution in [0.3, 0.4) is 0 Å². The summed E-state index contributed by atoms with van der Waals surface area (Å²) in [5, 5.41) is 8.55. The summed E-state index contributed by atoms with van der Waals surface area (Å²) in [5.41, 5.74) is 2.11. The normalized spacial score (nSPS) is 11.3. The van der Waals surface area contributed by atoms with Gasteiger partial charge in [-0.2, -0.15) is 0 Å². The first-order valence-electron chi connectivity index (χ1n) is 6.29. The molecule has 0 aliphatic carbocycles. The second kappa shape index (κ2) is 8.45. The Bertz CT molecular complexity index is 412. The van der Waals surface area contributed by atoms with Crippen LogP contribution in [0, 0.1) is 0 Å². The molecule has 0 saturated heterocycles. The number of aliphatic carboxylic acids is 1. The zero-order chi connectivity index (χ0) is 14.1. The zero-order valence-corrected chi connectivity index (χ0v) is 11.5. The van der Waals surface area contributed by atoms with E-state index in [-0.39, 0.29) is 0 Å². The van der Waals surface area contributed by atoms with E-state index in [1.54, 1.807) is 13.2 Å². The van der Waals surface area contributed by atoms with Gasteiger partial charge in [-0.3, -0.25) is 0 Å². The number of hydrogen-bond acceptors (Lipinski definition) is 3. The summed E-state index contributed by atoms with van der Waals surface area (Å²) in [5.74, 6) is -0.929. The van der Waals surface area contributed by atoms with Gasteiger partial charge in [-0.15, -0.1) is 0 Å². The Balaban J connectivity index is 2.45. The van der Waals surface area contributed by atoms with Gasteiger partial charge in [0.05, 0.1) is 0 Å². The molecule has 0 fully saturated rings. The number of nitrogens with zero attached hydrogens (tertiary/aromatic N) is 1. The molecular weight excluding hydrogens is 242 g/mol. The number of benzene rings is 1. The van der Waals surface area contributed by atoms with Gasteiger partial charge in [0, 0.05) is 32.9 Å². The Hall–Kier alpha value is -1.65. The minimum atomic E-state index is -0.929. The van der Waals surface area contributed by atoms with Crippen LogP contribution in [0.25, 0.3) is 6.08 Å². The standard InChI is InChI=1S/C15H21NO3/c1-16(10-3-11-19-2)12-14-6-4-13(5-7-14)8-9-15(17)18/h4-9H,3,10-12H2,1-2H3,(H,17,18). The molecule has 4 heteroatoms. The Kier molecular flexibility index (Phi) is 6.85. The van der Waals surface area contributed by atoms with Crippen LogP contribution in [-0.4, -0.2) is 43.3 Å². The molecule has 0 spiro atoms. The van der Waals surface area contributed by atoms with Gasteiger partial charge in [0.15, 0.2) is 0 Å². The van der Waals surface area contributed by atoms with Crippen molar-refractivity contribution in [2.75, 3.05) is 27.3 Å². The van der Waals surface area contributed by atoms with Crippen molar-refractivity contribution in [2.24, 2.45) is 0 Å². The fraction of sp³-hybridized carbons (Fsp3) is 0.400. The van der Waals surface area contributed by atoms with Crippen LogP contribution in [0.4, 0.5) is 0 Å². The van der Waals surface area contributed by atoms with Crippen LogP contribution >= 0.6 is 0 Å². The monoisotopic (exact) mass is 263 g/mol. The molecule has 0 unspecified atom stereocenters. The van der Waals surface area contributed by atoms with Crippen LogP contribution in [0.2, 0.25) is 0 Å². The number of hydrogen-bond donors (Lipinski definition) is 1. The molecule has 0 amide bonds. The molecule has 0 aliphatic rings. The van der Waals surface area contributed by atoms with Crippen molar-refractivity contribution in [2.45, 2.75) is 13.0 Å². The molecule has 1 aromatic carbocycles. The van der Waals surface area contributed by atoms with Gasteiger partial charge in [-0.05, 0) is 30.7 Å². The van der Waals surface area contributed by atoms with E-state index in [1.807, 2.05) is 24.3 Å². The second-order valence-electron chi connectivity index (χ2n) is 4.50. The lowest BCUT2D eigenvalue weighted by atomic mass is 10.1. The van der Waals surface area contributed by atoms with E-state index in [1.165, 1.54) is 5.56 Å². The van der Waals surface area contributed by atoms with Crippen molar-refractivity contribution in [3.05, 3.63) is 41.5 Å². The predicted octanol–water partition coefficient (Wildman–Crippen LogP) is 2.25. The van der Waals surface area contributed by atoms with Crippen molar-refractivity contribution >= 4 is 12.0 Å². The highest BCUT2D eigenvalue weighted by molar-refractivity contribution is 5.85. The Morgan fingerprint density at radius 3 is 2.63 bits per heavy atom. The minimum absolute atomic E-state index is 0.781. The Labute approximate surface area is 114 Å². The molecule has 104 valence electrons. The highest BCUT2D eigenvalue weighted by Crippen LogP contribution is 2.08. The van der Waals surface area contributed by atoms with Crippen LogP contribution in [-0.2, 0) is 16.1 Å².